The van der Waals surface area contributed by atoms with E-state index in [-0.39, 0.29) is 17.6 Å². The van der Waals surface area contributed by atoms with Crippen LogP contribution in [0.1, 0.15) is 18.7 Å². The normalized spacial score (nSPS) is 18.5. The molecule has 25 heavy (non-hydrogen) atoms. The van der Waals surface area contributed by atoms with E-state index in [0.717, 1.165) is 19.4 Å². The van der Waals surface area contributed by atoms with Gasteiger partial charge in [0.05, 0.1) is 19.8 Å². The summed E-state index contributed by atoms with van der Waals surface area (Å²) in [5.41, 5.74) is 0.562. The monoisotopic (exact) mass is 355 g/mol. The number of nitrogens with zero attached hydrogens (tertiary/aromatic N) is 3. The first-order chi connectivity index (χ1) is 12.0. The van der Waals surface area contributed by atoms with Gasteiger partial charge in [0, 0.05) is 12.1 Å². The predicted octanol–water partition coefficient (Wildman–Crippen LogP) is 2.30. The Kier molecular flexibility index (Phi) is 5.44. The van der Waals surface area contributed by atoms with Crippen molar-refractivity contribution >= 4 is 0 Å². The maximum Gasteiger partial charge on any atom is 0.387 e. The highest BCUT2D eigenvalue weighted by molar-refractivity contribution is 5.60. The molecule has 136 valence electrons. The summed E-state index contributed by atoms with van der Waals surface area (Å²) in [6, 6.07) is 4.44. The average molecular weight is 355 g/mol. The van der Waals surface area contributed by atoms with Crippen molar-refractivity contribution < 1.29 is 27.9 Å². The van der Waals surface area contributed by atoms with Crippen molar-refractivity contribution in [2.24, 2.45) is 0 Å². The van der Waals surface area contributed by atoms with Crippen LogP contribution >= 0.6 is 0 Å². The van der Waals surface area contributed by atoms with Gasteiger partial charge in [0.1, 0.15) is 0 Å². The van der Waals surface area contributed by atoms with Crippen molar-refractivity contribution in [2.75, 3.05) is 20.2 Å². The lowest BCUT2D eigenvalue weighted by molar-refractivity contribution is -0.0512. The van der Waals surface area contributed by atoms with Crippen LogP contribution < -0.4 is 9.47 Å². The number of alkyl halides is 2. The van der Waals surface area contributed by atoms with Crippen LogP contribution in [-0.2, 0) is 6.54 Å². The van der Waals surface area contributed by atoms with E-state index in [2.05, 4.69) is 14.9 Å². The molecule has 0 amide bonds. The zero-order valence-electron chi connectivity index (χ0n) is 13.7. The summed E-state index contributed by atoms with van der Waals surface area (Å²) >= 11 is 0. The van der Waals surface area contributed by atoms with E-state index in [1.54, 1.807) is 6.07 Å². The number of β-amino-alcohol motifs (C(OH)–C–C–N with tert-alkyl or cyclic N) is 1. The van der Waals surface area contributed by atoms with Crippen molar-refractivity contribution in [2.45, 2.75) is 32.1 Å². The summed E-state index contributed by atoms with van der Waals surface area (Å²) in [6.07, 6.45) is 1.39. The van der Waals surface area contributed by atoms with E-state index >= 15 is 0 Å². The van der Waals surface area contributed by atoms with Crippen LogP contribution in [0, 0.1) is 0 Å². The van der Waals surface area contributed by atoms with Crippen LogP contribution in [0.25, 0.3) is 11.4 Å². The molecule has 1 aromatic carbocycles. The fourth-order valence-corrected chi connectivity index (χ4v) is 2.80. The van der Waals surface area contributed by atoms with E-state index in [0.29, 0.717) is 30.4 Å². The highest BCUT2D eigenvalue weighted by Gasteiger charge is 2.20. The summed E-state index contributed by atoms with van der Waals surface area (Å²) in [6.45, 7) is -1.04. The van der Waals surface area contributed by atoms with E-state index in [9.17, 15) is 13.9 Å². The molecule has 0 saturated carbocycles. The first kappa shape index (κ1) is 17.6. The Labute approximate surface area is 143 Å². The lowest BCUT2D eigenvalue weighted by Crippen LogP contribution is -2.37. The minimum atomic E-state index is -2.93. The van der Waals surface area contributed by atoms with E-state index < -0.39 is 6.61 Å². The summed E-state index contributed by atoms with van der Waals surface area (Å²) in [7, 11) is 1.36. The zero-order valence-corrected chi connectivity index (χ0v) is 13.7. The molecule has 9 heteroatoms. The van der Waals surface area contributed by atoms with Gasteiger partial charge in [-0.3, -0.25) is 4.90 Å². The molecule has 0 spiro atoms. The van der Waals surface area contributed by atoms with Crippen LogP contribution in [-0.4, -0.2) is 53.1 Å². The molecule has 3 rings (SSSR count). The smallest absolute Gasteiger partial charge is 0.387 e. The number of benzene rings is 1. The molecule has 2 aromatic rings. The predicted molar refractivity (Wildman–Crippen MR) is 83.4 cm³/mol. The van der Waals surface area contributed by atoms with Gasteiger partial charge in [-0.2, -0.15) is 13.8 Å². The topological polar surface area (TPSA) is 80.9 Å². The van der Waals surface area contributed by atoms with Gasteiger partial charge in [0.15, 0.2) is 11.5 Å². The molecule has 1 saturated heterocycles. The number of halogens is 2. The van der Waals surface area contributed by atoms with E-state index in [1.807, 2.05) is 4.90 Å². The molecular weight excluding hydrogens is 336 g/mol. The SMILES string of the molecule is COc1cc(-c2noc(CN3CCCC(O)C3)n2)ccc1OC(F)F. The molecule has 1 aromatic heterocycles. The van der Waals surface area contributed by atoms with Gasteiger partial charge >= 0.3 is 6.61 Å². The van der Waals surface area contributed by atoms with Gasteiger partial charge in [0.25, 0.3) is 0 Å². The molecule has 0 bridgehead atoms. The zero-order chi connectivity index (χ0) is 17.8. The third kappa shape index (κ3) is 4.43. The number of aliphatic hydroxyl groups is 1. The van der Waals surface area contributed by atoms with E-state index in [1.165, 1.54) is 19.2 Å². The molecule has 0 aliphatic carbocycles. The standard InChI is InChI=1S/C16H19F2N3O4/c1-23-13-7-10(4-5-12(13)24-16(17)18)15-19-14(25-20-15)9-21-6-2-3-11(22)8-21/h4-5,7,11,16,22H,2-3,6,8-9H2,1H3. The Morgan fingerprint density at radius 3 is 2.96 bits per heavy atom. The Morgan fingerprint density at radius 2 is 2.24 bits per heavy atom. The molecule has 0 radical (unpaired) electrons. The van der Waals surface area contributed by atoms with Gasteiger partial charge in [-0.05, 0) is 37.6 Å². The Balaban J connectivity index is 1.73. The number of hydrogen-bond donors (Lipinski definition) is 1. The summed E-state index contributed by atoms with van der Waals surface area (Å²) in [5.74, 6) is 0.848. The number of aliphatic hydroxyl groups excluding tert-OH is 1. The minimum absolute atomic E-state index is 0.0627. The number of piperidine rings is 1. The summed E-state index contributed by atoms with van der Waals surface area (Å²) < 4.78 is 39.5. The first-order valence-corrected chi connectivity index (χ1v) is 7.91. The molecule has 1 fully saturated rings. The van der Waals surface area contributed by atoms with Crippen LogP contribution in [0.2, 0.25) is 0 Å². The van der Waals surface area contributed by atoms with Crippen molar-refractivity contribution in [1.82, 2.24) is 15.0 Å². The fraction of sp³-hybridized carbons (Fsp3) is 0.500. The molecular formula is C16H19F2N3O4. The lowest BCUT2D eigenvalue weighted by Gasteiger charge is -2.28. The van der Waals surface area contributed by atoms with Gasteiger partial charge in [0.2, 0.25) is 11.7 Å². The third-order valence-electron chi connectivity index (χ3n) is 3.95. The number of methoxy groups -OCH3 is 1. The molecule has 1 atom stereocenters. The molecule has 1 aliphatic heterocycles. The van der Waals surface area contributed by atoms with Crippen LogP contribution in [0.5, 0.6) is 11.5 Å². The van der Waals surface area contributed by atoms with Crippen molar-refractivity contribution in [3.63, 3.8) is 0 Å². The highest BCUT2D eigenvalue weighted by atomic mass is 19.3. The number of likely N-dealkylation sites (tertiary alicyclic amines) is 1. The Hall–Kier alpha value is -2.26. The third-order valence-corrected chi connectivity index (χ3v) is 3.95. The second-order valence-electron chi connectivity index (χ2n) is 5.79. The molecule has 1 aliphatic rings. The fourth-order valence-electron chi connectivity index (χ4n) is 2.80. The second kappa shape index (κ2) is 7.75. The van der Waals surface area contributed by atoms with Crippen molar-refractivity contribution in [3.05, 3.63) is 24.1 Å². The van der Waals surface area contributed by atoms with Crippen LogP contribution in [0.4, 0.5) is 8.78 Å². The summed E-state index contributed by atoms with van der Waals surface area (Å²) in [5, 5.41) is 13.6. The number of ether oxygens (including phenoxy) is 2. The van der Waals surface area contributed by atoms with Gasteiger partial charge in [-0.1, -0.05) is 5.16 Å². The first-order valence-electron chi connectivity index (χ1n) is 7.91. The number of rotatable bonds is 6. The van der Waals surface area contributed by atoms with Crippen molar-refractivity contribution in [3.8, 4) is 22.9 Å². The van der Waals surface area contributed by atoms with Gasteiger partial charge in [-0.25, -0.2) is 0 Å². The number of hydrogen-bond acceptors (Lipinski definition) is 7. The number of aromatic nitrogens is 2. The van der Waals surface area contributed by atoms with Gasteiger partial charge < -0.3 is 19.1 Å². The molecule has 7 nitrogen and oxygen atoms in total. The highest BCUT2D eigenvalue weighted by Crippen LogP contribution is 2.32. The molecule has 2 heterocycles. The Morgan fingerprint density at radius 1 is 1.40 bits per heavy atom. The second-order valence-corrected chi connectivity index (χ2v) is 5.79. The summed E-state index contributed by atoms with van der Waals surface area (Å²) in [4.78, 5) is 6.37. The van der Waals surface area contributed by atoms with Crippen molar-refractivity contribution in [1.29, 1.82) is 0 Å². The quantitative estimate of drug-likeness (QED) is 0.851. The Bertz CT molecular complexity index is 710. The van der Waals surface area contributed by atoms with E-state index in [4.69, 9.17) is 9.26 Å². The molecule has 1 N–H and O–H groups in total. The van der Waals surface area contributed by atoms with Crippen LogP contribution in [0.3, 0.4) is 0 Å². The van der Waals surface area contributed by atoms with Crippen LogP contribution in [0.15, 0.2) is 22.7 Å². The lowest BCUT2D eigenvalue weighted by atomic mass is 10.1. The maximum absolute atomic E-state index is 12.4. The largest absolute Gasteiger partial charge is 0.493 e. The van der Waals surface area contributed by atoms with Gasteiger partial charge in [-0.15, -0.1) is 0 Å². The maximum atomic E-state index is 12.4. The average Bonchev–Trinajstić information content (AvgIpc) is 3.03. The molecule has 1 unspecified atom stereocenters. The minimum Gasteiger partial charge on any atom is -0.493 e.